The quantitative estimate of drug-likeness (QED) is 0.127. The van der Waals surface area contributed by atoms with Crippen LogP contribution >= 0.6 is 0 Å². The third-order valence-corrected chi connectivity index (χ3v) is 5.77. The summed E-state index contributed by atoms with van der Waals surface area (Å²) in [6, 6.07) is 17.1. The molecule has 0 unspecified atom stereocenters. The van der Waals surface area contributed by atoms with Crippen LogP contribution in [0.2, 0.25) is 0 Å². The first-order chi connectivity index (χ1) is 18.9. The van der Waals surface area contributed by atoms with E-state index >= 15 is 0 Å². The highest BCUT2D eigenvalue weighted by Gasteiger charge is 2.32. The van der Waals surface area contributed by atoms with Crippen LogP contribution in [0.4, 0.5) is 4.79 Å². The molecule has 39 heavy (non-hydrogen) atoms. The summed E-state index contributed by atoms with van der Waals surface area (Å²) in [4.78, 5) is 24.5. The standard InChI is InChI=1S/C28H30N4O7/c1-4-37-23-14-19(26-25(27(34)36-3)17(2)30-28(35)31-26)10-12-22(23)38-16-24(33)32-29-15-20-11-13-21(39-20)18-8-6-5-7-9-18/h5-15,24,26,32-33H,4,16H2,1-3H3,(H2,30,31,35)/b29-15-/t24-,26+/m0/s1. The minimum absolute atomic E-state index is 0.138. The Labute approximate surface area is 225 Å². The molecule has 0 fully saturated rings. The molecule has 2 heterocycles. The highest BCUT2D eigenvalue weighted by molar-refractivity contribution is 5.95. The summed E-state index contributed by atoms with van der Waals surface area (Å²) < 4.78 is 22.1. The number of ether oxygens (including phenoxy) is 3. The number of rotatable bonds is 11. The van der Waals surface area contributed by atoms with Crippen molar-refractivity contribution in [1.82, 2.24) is 16.1 Å². The van der Waals surface area contributed by atoms with Gasteiger partial charge < -0.3 is 34.4 Å². The van der Waals surface area contributed by atoms with Crippen molar-refractivity contribution in [3.8, 4) is 22.8 Å². The molecule has 4 N–H and O–H groups in total. The number of benzene rings is 2. The second-order valence-corrected chi connectivity index (χ2v) is 8.48. The van der Waals surface area contributed by atoms with E-state index in [1.165, 1.54) is 13.3 Å². The molecule has 0 saturated heterocycles. The summed E-state index contributed by atoms with van der Waals surface area (Å²) >= 11 is 0. The number of nitrogens with one attached hydrogen (secondary N) is 3. The van der Waals surface area contributed by atoms with Crippen LogP contribution in [-0.2, 0) is 9.53 Å². The molecular weight excluding hydrogens is 504 g/mol. The fourth-order valence-electron chi connectivity index (χ4n) is 3.99. The first-order valence-electron chi connectivity index (χ1n) is 12.3. The maximum Gasteiger partial charge on any atom is 0.337 e. The van der Waals surface area contributed by atoms with Gasteiger partial charge in [0.05, 0.1) is 31.5 Å². The number of esters is 1. The predicted molar refractivity (Wildman–Crippen MR) is 143 cm³/mol. The van der Waals surface area contributed by atoms with Crippen LogP contribution in [-0.4, -0.2) is 49.9 Å². The number of hydrazone groups is 1. The van der Waals surface area contributed by atoms with Crippen molar-refractivity contribution in [2.24, 2.45) is 5.10 Å². The number of aliphatic hydroxyl groups excluding tert-OH is 1. The number of furan rings is 1. The molecular formula is C28H30N4O7. The van der Waals surface area contributed by atoms with E-state index in [1.807, 2.05) is 43.3 Å². The lowest BCUT2D eigenvalue weighted by atomic mass is 9.95. The maximum absolute atomic E-state index is 12.4. The Bertz CT molecular complexity index is 1370. The fourth-order valence-corrected chi connectivity index (χ4v) is 3.99. The van der Waals surface area contributed by atoms with Gasteiger partial charge in [0, 0.05) is 11.3 Å². The van der Waals surface area contributed by atoms with Gasteiger partial charge in [-0.05, 0) is 43.7 Å². The second-order valence-electron chi connectivity index (χ2n) is 8.48. The maximum atomic E-state index is 12.4. The SMILES string of the molecule is CCOc1cc([C@H]2NC(=O)NC(C)=C2C(=O)OC)ccc1OC[C@H](O)N/N=C\c1ccc(-c2ccccc2)o1. The van der Waals surface area contributed by atoms with Crippen LogP contribution in [0.1, 0.15) is 31.2 Å². The van der Waals surface area contributed by atoms with Gasteiger partial charge in [-0.3, -0.25) is 5.43 Å². The molecule has 2 atom stereocenters. The van der Waals surface area contributed by atoms with Crippen molar-refractivity contribution in [3.63, 3.8) is 0 Å². The molecule has 2 aromatic carbocycles. The number of hydrogen-bond donors (Lipinski definition) is 4. The first-order valence-corrected chi connectivity index (χ1v) is 12.3. The van der Waals surface area contributed by atoms with Gasteiger partial charge in [-0.25, -0.2) is 9.59 Å². The molecule has 1 aliphatic rings. The molecule has 1 aliphatic heterocycles. The Hall–Kier alpha value is -4.77. The number of aliphatic hydroxyl groups is 1. The Balaban J connectivity index is 1.40. The Morgan fingerprint density at radius 3 is 2.69 bits per heavy atom. The summed E-state index contributed by atoms with van der Waals surface area (Å²) in [5.74, 6) is 1.41. The van der Waals surface area contributed by atoms with Crippen molar-refractivity contribution in [3.05, 3.63) is 83.3 Å². The van der Waals surface area contributed by atoms with Crippen LogP contribution < -0.4 is 25.5 Å². The van der Waals surface area contributed by atoms with Crippen molar-refractivity contribution in [2.75, 3.05) is 20.3 Å². The van der Waals surface area contributed by atoms with Gasteiger partial charge >= 0.3 is 12.0 Å². The Morgan fingerprint density at radius 1 is 1.15 bits per heavy atom. The van der Waals surface area contributed by atoms with E-state index in [2.05, 4.69) is 21.2 Å². The largest absolute Gasteiger partial charge is 0.490 e. The van der Waals surface area contributed by atoms with Crippen molar-refractivity contribution >= 4 is 18.2 Å². The molecule has 0 aliphatic carbocycles. The topological polar surface area (TPSA) is 144 Å². The molecule has 0 bridgehead atoms. The highest BCUT2D eigenvalue weighted by Crippen LogP contribution is 2.35. The third-order valence-electron chi connectivity index (χ3n) is 5.77. The van der Waals surface area contributed by atoms with Gasteiger partial charge in [-0.1, -0.05) is 36.4 Å². The lowest BCUT2D eigenvalue weighted by Gasteiger charge is -2.28. The van der Waals surface area contributed by atoms with Gasteiger partial charge in [0.15, 0.2) is 17.7 Å². The zero-order chi connectivity index (χ0) is 27.8. The lowest BCUT2D eigenvalue weighted by Crippen LogP contribution is -2.45. The fraction of sp³-hybridized carbons (Fsp3) is 0.250. The number of carbonyl (C=O) groups is 2. The van der Waals surface area contributed by atoms with Gasteiger partial charge in [0.25, 0.3) is 0 Å². The molecule has 0 radical (unpaired) electrons. The molecule has 0 saturated carbocycles. The summed E-state index contributed by atoms with van der Waals surface area (Å²) in [6.45, 7) is 3.65. The molecule has 11 heteroatoms. The van der Waals surface area contributed by atoms with E-state index in [-0.39, 0.29) is 12.2 Å². The van der Waals surface area contributed by atoms with Gasteiger partial charge in [-0.2, -0.15) is 5.10 Å². The normalized spacial score (nSPS) is 15.9. The van der Waals surface area contributed by atoms with Crippen LogP contribution in [0.15, 0.2) is 81.5 Å². The van der Waals surface area contributed by atoms with Gasteiger partial charge in [0.1, 0.15) is 18.1 Å². The van der Waals surface area contributed by atoms with Crippen LogP contribution in [0.5, 0.6) is 11.5 Å². The van der Waals surface area contributed by atoms with Gasteiger partial charge in [-0.15, -0.1) is 0 Å². The highest BCUT2D eigenvalue weighted by atomic mass is 16.5. The number of urea groups is 1. The lowest BCUT2D eigenvalue weighted by molar-refractivity contribution is -0.136. The average Bonchev–Trinajstić information content (AvgIpc) is 3.41. The molecule has 0 spiro atoms. The molecule has 3 aromatic rings. The minimum Gasteiger partial charge on any atom is -0.490 e. The van der Waals surface area contributed by atoms with E-state index < -0.39 is 24.3 Å². The van der Waals surface area contributed by atoms with E-state index in [4.69, 9.17) is 18.6 Å². The van der Waals surface area contributed by atoms with Crippen molar-refractivity contribution < 1.29 is 33.3 Å². The van der Waals surface area contributed by atoms with Crippen LogP contribution in [0.25, 0.3) is 11.3 Å². The van der Waals surface area contributed by atoms with E-state index in [0.29, 0.717) is 40.9 Å². The van der Waals surface area contributed by atoms with Crippen molar-refractivity contribution in [2.45, 2.75) is 26.1 Å². The molecule has 2 amide bonds. The summed E-state index contributed by atoms with van der Waals surface area (Å²) in [6.07, 6.45) is 0.330. The molecule has 11 nitrogen and oxygen atoms in total. The third kappa shape index (κ3) is 6.76. The zero-order valence-electron chi connectivity index (χ0n) is 21.8. The molecule has 204 valence electrons. The number of amides is 2. The summed E-state index contributed by atoms with van der Waals surface area (Å²) in [7, 11) is 1.28. The Kier molecular flexibility index (Phi) is 8.85. The number of carbonyl (C=O) groups excluding carboxylic acids is 2. The second kappa shape index (κ2) is 12.7. The number of allylic oxidation sites excluding steroid dienone is 1. The van der Waals surface area contributed by atoms with E-state index in [9.17, 15) is 14.7 Å². The van der Waals surface area contributed by atoms with E-state index in [1.54, 1.807) is 31.2 Å². The van der Waals surface area contributed by atoms with Crippen LogP contribution in [0.3, 0.4) is 0 Å². The zero-order valence-corrected chi connectivity index (χ0v) is 21.8. The first kappa shape index (κ1) is 27.3. The minimum atomic E-state index is -1.13. The number of hydrogen-bond acceptors (Lipinski definition) is 9. The average molecular weight is 535 g/mol. The van der Waals surface area contributed by atoms with Gasteiger partial charge in [0.2, 0.25) is 0 Å². The Morgan fingerprint density at radius 2 is 1.95 bits per heavy atom. The monoisotopic (exact) mass is 534 g/mol. The summed E-state index contributed by atoms with van der Waals surface area (Å²) in [5.41, 5.74) is 4.80. The molecule has 1 aromatic heterocycles. The van der Waals surface area contributed by atoms with E-state index in [0.717, 1.165) is 5.56 Å². The summed E-state index contributed by atoms with van der Waals surface area (Å²) in [5, 5.41) is 19.6. The number of nitrogens with zero attached hydrogens (tertiary/aromatic N) is 1. The number of methoxy groups -OCH3 is 1. The predicted octanol–water partition coefficient (Wildman–Crippen LogP) is 3.47. The molecule has 4 rings (SSSR count). The smallest absolute Gasteiger partial charge is 0.337 e. The van der Waals surface area contributed by atoms with Crippen molar-refractivity contribution in [1.29, 1.82) is 0 Å². The van der Waals surface area contributed by atoms with Crippen LogP contribution in [0, 0.1) is 0 Å².